The number of pyridine rings is 1. The van der Waals surface area contributed by atoms with Gasteiger partial charge in [-0.15, -0.1) is 0 Å². The molecule has 0 aliphatic carbocycles. The maximum Gasteiger partial charge on any atom is 0.328 e. The molecule has 1 N–H and O–H groups in total. The number of hydrogen-bond acceptors (Lipinski definition) is 5. The smallest absolute Gasteiger partial charge is 0.328 e. The van der Waals surface area contributed by atoms with Crippen molar-refractivity contribution in [3.8, 4) is 0 Å². The molecule has 1 aromatic heterocycles. The van der Waals surface area contributed by atoms with E-state index in [1.165, 1.54) is 12.0 Å². The zero-order valence-electron chi connectivity index (χ0n) is 11.4. The largest absolute Gasteiger partial charge is 0.467 e. The van der Waals surface area contributed by atoms with Gasteiger partial charge in [-0.2, -0.15) is 0 Å². The Hall–Kier alpha value is -1.95. The molecule has 1 aliphatic heterocycles. The van der Waals surface area contributed by atoms with Gasteiger partial charge in [0.15, 0.2) is 0 Å². The molecular weight excluding hydrogens is 260 g/mol. The second kappa shape index (κ2) is 6.47. The number of carbonyl (C=O) groups excluding carboxylic acids is 2. The average Bonchev–Trinajstić information content (AvgIpc) is 2.87. The Bertz CT molecular complexity index is 477. The van der Waals surface area contributed by atoms with Crippen molar-refractivity contribution in [3.05, 3.63) is 30.1 Å². The number of esters is 1. The first-order valence-electron chi connectivity index (χ1n) is 6.57. The molecule has 0 spiro atoms. The van der Waals surface area contributed by atoms with Gasteiger partial charge in [0.2, 0.25) is 5.91 Å². The lowest BCUT2D eigenvalue weighted by Crippen LogP contribution is -2.41. The summed E-state index contributed by atoms with van der Waals surface area (Å²) in [5.74, 6) is -0.643. The molecule has 0 bridgehead atoms. The topological polar surface area (TPSA) is 79.7 Å². The highest BCUT2D eigenvalue weighted by atomic mass is 16.5. The normalized spacial score (nSPS) is 21.8. The Morgan fingerprint density at radius 3 is 2.95 bits per heavy atom. The van der Waals surface area contributed by atoms with Crippen LogP contribution in [-0.2, 0) is 20.7 Å². The average molecular weight is 278 g/mol. The van der Waals surface area contributed by atoms with Gasteiger partial charge < -0.3 is 14.7 Å². The molecule has 1 saturated heterocycles. The maximum atomic E-state index is 12.2. The molecule has 108 valence electrons. The SMILES string of the molecule is COC(=O)C1CC(O)CN1C(=O)CCc1ccccn1. The first-order valence-corrected chi connectivity index (χ1v) is 6.57. The van der Waals surface area contributed by atoms with Crippen molar-refractivity contribution in [1.82, 2.24) is 9.88 Å². The zero-order chi connectivity index (χ0) is 14.5. The van der Waals surface area contributed by atoms with Gasteiger partial charge in [0, 0.05) is 31.3 Å². The van der Waals surface area contributed by atoms with E-state index in [2.05, 4.69) is 9.72 Å². The van der Waals surface area contributed by atoms with Crippen LogP contribution in [0.4, 0.5) is 0 Å². The molecule has 0 radical (unpaired) electrons. The van der Waals surface area contributed by atoms with E-state index in [1.807, 2.05) is 18.2 Å². The first kappa shape index (κ1) is 14.5. The molecule has 6 nitrogen and oxygen atoms in total. The van der Waals surface area contributed by atoms with Crippen molar-refractivity contribution in [2.75, 3.05) is 13.7 Å². The number of aliphatic hydroxyl groups excluding tert-OH is 1. The fraction of sp³-hybridized carbons (Fsp3) is 0.500. The third kappa shape index (κ3) is 3.33. The monoisotopic (exact) mass is 278 g/mol. The van der Waals surface area contributed by atoms with Crippen LogP contribution in [0.15, 0.2) is 24.4 Å². The minimum absolute atomic E-state index is 0.164. The number of aryl methyl sites for hydroxylation is 1. The van der Waals surface area contributed by atoms with Crippen molar-refractivity contribution in [3.63, 3.8) is 0 Å². The summed E-state index contributed by atoms with van der Waals surface area (Å²) in [6, 6.07) is 4.86. The minimum Gasteiger partial charge on any atom is -0.467 e. The molecule has 1 fully saturated rings. The second-order valence-corrected chi connectivity index (χ2v) is 4.80. The summed E-state index contributed by atoms with van der Waals surface area (Å²) >= 11 is 0. The number of likely N-dealkylation sites (tertiary alicyclic amines) is 1. The summed E-state index contributed by atoms with van der Waals surface area (Å²) < 4.78 is 4.67. The molecule has 1 aliphatic rings. The number of ether oxygens (including phenoxy) is 1. The fourth-order valence-electron chi connectivity index (χ4n) is 2.37. The molecule has 6 heteroatoms. The van der Waals surface area contributed by atoms with Crippen molar-refractivity contribution >= 4 is 11.9 Å². The lowest BCUT2D eigenvalue weighted by molar-refractivity contribution is -0.150. The van der Waals surface area contributed by atoms with Gasteiger partial charge in [-0.25, -0.2) is 4.79 Å². The van der Waals surface area contributed by atoms with Crippen molar-refractivity contribution in [2.45, 2.75) is 31.4 Å². The summed E-state index contributed by atoms with van der Waals surface area (Å²) in [6.07, 6.45) is 2.02. The lowest BCUT2D eigenvalue weighted by Gasteiger charge is -2.22. The summed E-state index contributed by atoms with van der Waals surface area (Å²) in [5, 5.41) is 9.63. The Morgan fingerprint density at radius 1 is 1.50 bits per heavy atom. The van der Waals surface area contributed by atoms with Gasteiger partial charge in [0.1, 0.15) is 6.04 Å². The molecule has 2 atom stereocenters. The highest BCUT2D eigenvalue weighted by molar-refractivity contribution is 5.85. The highest BCUT2D eigenvalue weighted by Crippen LogP contribution is 2.20. The van der Waals surface area contributed by atoms with Crippen LogP contribution in [-0.4, -0.2) is 52.7 Å². The van der Waals surface area contributed by atoms with Crippen LogP contribution in [0, 0.1) is 0 Å². The van der Waals surface area contributed by atoms with Gasteiger partial charge >= 0.3 is 5.97 Å². The Labute approximate surface area is 117 Å². The number of β-amino-alcohol motifs (C(OH)–C–C–N with tert-alkyl or cyclic N) is 1. The Balaban J connectivity index is 1.95. The van der Waals surface area contributed by atoms with Crippen LogP contribution < -0.4 is 0 Å². The number of carbonyl (C=O) groups is 2. The Morgan fingerprint density at radius 2 is 2.30 bits per heavy atom. The van der Waals surface area contributed by atoms with E-state index in [0.29, 0.717) is 6.42 Å². The number of aliphatic hydroxyl groups is 1. The third-order valence-electron chi connectivity index (χ3n) is 3.39. The van der Waals surface area contributed by atoms with Crippen LogP contribution >= 0.6 is 0 Å². The van der Waals surface area contributed by atoms with Gasteiger partial charge in [-0.1, -0.05) is 6.07 Å². The first-order chi connectivity index (χ1) is 9.61. The van der Waals surface area contributed by atoms with Gasteiger partial charge in [0.25, 0.3) is 0 Å². The van der Waals surface area contributed by atoms with E-state index < -0.39 is 18.1 Å². The molecule has 1 aromatic rings. The van der Waals surface area contributed by atoms with Gasteiger partial charge in [-0.3, -0.25) is 9.78 Å². The highest BCUT2D eigenvalue weighted by Gasteiger charge is 2.39. The number of rotatable bonds is 4. The maximum absolute atomic E-state index is 12.2. The zero-order valence-corrected chi connectivity index (χ0v) is 11.4. The van der Waals surface area contributed by atoms with E-state index in [-0.39, 0.29) is 25.3 Å². The number of nitrogens with zero attached hydrogens (tertiary/aromatic N) is 2. The molecule has 1 amide bonds. The number of hydrogen-bond donors (Lipinski definition) is 1. The molecule has 0 saturated carbocycles. The molecule has 20 heavy (non-hydrogen) atoms. The molecular formula is C14H18N2O4. The van der Waals surface area contributed by atoms with Crippen LogP contribution in [0.3, 0.4) is 0 Å². The molecule has 2 heterocycles. The summed E-state index contributed by atoms with van der Waals surface area (Å²) in [5.41, 5.74) is 0.829. The van der Waals surface area contributed by atoms with Crippen LogP contribution in [0.25, 0.3) is 0 Å². The number of aromatic nitrogens is 1. The predicted octanol–water partition coefficient (Wildman–Crippen LogP) is 0.149. The molecule has 2 rings (SSSR count). The van der Waals surface area contributed by atoms with Crippen LogP contribution in [0.1, 0.15) is 18.5 Å². The molecule has 2 unspecified atom stereocenters. The van der Waals surface area contributed by atoms with Crippen molar-refractivity contribution < 1.29 is 19.4 Å². The third-order valence-corrected chi connectivity index (χ3v) is 3.39. The van der Waals surface area contributed by atoms with Crippen molar-refractivity contribution in [1.29, 1.82) is 0 Å². The van der Waals surface area contributed by atoms with Gasteiger partial charge in [0.05, 0.1) is 13.2 Å². The van der Waals surface area contributed by atoms with Crippen molar-refractivity contribution in [2.24, 2.45) is 0 Å². The predicted molar refractivity (Wildman–Crippen MR) is 70.7 cm³/mol. The van der Waals surface area contributed by atoms with E-state index in [4.69, 9.17) is 0 Å². The second-order valence-electron chi connectivity index (χ2n) is 4.80. The Kier molecular flexibility index (Phi) is 4.68. The van der Waals surface area contributed by atoms with Crippen LogP contribution in [0.2, 0.25) is 0 Å². The van der Waals surface area contributed by atoms with E-state index in [0.717, 1.165) is 5.69 Å². The molecule has 0 aromatic carbocycles. The minimum atomic E-state index is -0.675. The fourth-order valence-corrected chi connectivity index (χ4v) is 2.37. The van der Waals surface area contributed by atoms with Crippen LogP contribution in [0.5, 0.6) is 0 Å². The summed E-state index contributed by atoms with van der Waals surface area (Å²) in [7, 11) is 1.28. The number of methoxy groups -OCH3 is 1. The quantitative estimate of drug-likeness (QED) is 0.793. The van der Waals surface area contributed by atoms with E-state index in [1.54, 1.807) is 6.20 Å². The van der Waals surface area contributed by atoms with Gasteiger partial charge in [-0.05, 0) is 18.6 Å². The van der Waals surface area contributed by atoms with E-state index in [9.17, 15) is 14.7 Å². The lowest BCUT2D eigenvalue weighted by atomic mass is 10.1. The number of amides is 1. The summed E-state index contributed by atoms with van der Waals surface area (Å²) in [6.45, 7) is 0.181. The standard InChI is InChI=1S/C14H18N2O4/c1-20-14(19)12-8-11(17)9-16(12)13(18)6-5-10-4-2-3-7-15-10/h2-4,7,11-12,17H,5-6,8-9H2,1H3. The summed E-state index contributed by atoms with van der Waals surface area (Å²) in [4.78, 5) is 29.3. The van der Waals surface area contributed by atoms with E-state index >= 15 is 0 Å².